The van der Waals surface area contributed by atoms with Gasteiger partial charge in [0, 0.05) is 6.07 Å². The van der Waals surface area contributed by atoms with E-state index < -0.39 is 17.0 Å². The predicted molar refractivity (Wildman–Crippen MR) is 61.3 cm³/mol. The first-order valence-corrected chi connectivity index (χ1v) is 5.29. The molecule has 0 bridgehead atoms. The van der Waals surface area contributed by atoms with E-state index in [1.54, 1.807) is 6.07 Å². The topological polar surface area (TPSA) is 93.2 Å². The zero-order valence-corrected chi connectivity index (χ0v) is 10.3. The molecule has 0 amide bonds. The monoisotopic (exact) mass is 298 g/mol. The second-order valence-corrected chi connectivity index (χ2v) is 3.95. The van der Waals surface area contributed by atoms with Crippen molar-refractivity contribution < 1.29 is 14.5 Å². The maximum Gasteiger partial charge on any atom is 0.339 e. The molecule has 1 rings (SSSR count). The van der Waals surface area contributed by atoms with Crippen LogP contribution in [0.5, 0.6) is 0 Å². The van der Waals surface area contributed by atoms with Gasteiger partial charge in [-0.3, -0.25) is 10.1 Å². The van der Waals surface area contributed by atoms with Crippen LogP contribution in [0.3, 0.4) is 0 Å². The summed E-state index contributed by atoms with van der Waals surface area (Å²) in [4.78, 5) is 21.5. The van der Waals surface area contributed by atoms with E-state index in [0.717, 1.165) is 6.07 Å². The van der Waals surface area contributed by atoms with E-state index >= 15 is 0 Å². The minimum atomic E-state index is -0.898. The molecule has 0 spiro atoms. The van der Waals surface area contributed by atoms with Gasteiger partial charge in [-0.25, -0.2) is 4.79 Å². The van der Waals surface area contributed by atoms with Crippen molar-refractivity contribution in [2.75, 3.05) is 0 Å². The molecule has 7 heteroatoms. The molecule has 0 aliphatic heterocycles. The normalized spacial score (nSPS) is 11.4. The molecule has 6 nitrogen and oxygen atoms in total. The number of nitriles is 1. The van der Waals surface area contributed by atoms with Crippen molar-refractivity contribution in [3.05, 3.63) is 38.3 Å². The van der Waals surface area contributed by atoms with E-state index in [0.29, 0.717) is 0 Å². The molecule has 0 heterocycles. The van der Waals surface area contributed by atoms with E-state index in [-0.39, 0.29) is 15.7 Å². The highest BCUT2D eigenvalue weighted by molar-refractivity contribution is 9.10. The average molecular weight is 299 g/mol. The van der Waals surface area contributed by atoms with Gasteiger partial charge in [0.15, 0.2) is 6.10 Å². The van der Waals surface area contributed by atoms with Gasteiger partial charge in [0.25, 0.3) is 5.69 Å². The molecule has 0 aliphatic rings. The number of esters is 1. The maximum atomic E-state index is 11.5. The molecule has 0 unspecified atom stereocenters. The summed E-state index contributed by atoms with van der Waals surface area (Å²) in [5, 5.41) is 19.1. The van der Waals surface area contributed by atoms with Crippen LogP contribution in [0.1, 0.15) is 17.3 Å². The van der Waals surface area contributed by atoms with Gasteiger partial charge in [-0.15, -0.1) is 0 Å². The molecule has 0 fully saturated rings. The van der Waals surface area contributed by atoms with Crippen molar-refractivity contribution in [3.8, 4) is 6.07 Å². The second-order valence-electron chi connectivity index (χ2n) is 3.10. The number of nitrogens with zero attached hydrogens (tertiary/aromatic N) is 2. The number of carbonyl (C=O) groups excluding carboxylic acids is 1. The number of hydrogen-bond donors (Lipinski definition) is 0. The molecule has 0 aromatic heterocycles. The molecule has 1 atom stereocenters. The van der Waals surface area contributed by atoms with Gasteiger partial charge in [-0.05, 0) is 35.0 Å². The van der Waals surface area contributed by atoms with Crippen LogP contribution < -0.4 is 0 Å². The van der Waals surface area contributed by atoms with Crippen LogP contribution in [0.4, 0.5) is 5.69 Å². The standard InChI is InChI=1S/C10H7BrN2O4/c1-6(5-12)17-10(14)7-2-3-8(11)9(4-7)13(15)16/h2-4,6H,1H3/t6-/m1/s1. The summed E-state index contributed by atoms with van der Waals surface area (Å²) in [6.07, 6.45) is -0.898. The number of rotatable bonds is 3. The minimum absolute atomic E-state index is 0.0296. The van der Waals surface area contributed by atoms with Crippen molar-refractivity contribution in [1.29, 1.82) is 5.26 Å². The third kappa shape index (κ3) is 3.26. The third-order valence-corrected chi connectivity index (χ3v) is 2.51. The molecule has 0 N–H and O–H groups in total. The molecule has 17 heavy (non-hydrogen) atoms. The lowest BCUT2D eigenvalue weighted by molar-refractivity contribution is -0.385. The maximum absolute atomic E-state index is 11.5. The second kappa shape index (κ2) is 5.41. The van der Waals surface area contributed by atoms with E-state index in [1.807, 2.05) is 0 Å². The average Bonchev–Trinajstić information content (AvgIpc) is 2.28. The zero-order valence-electron chi connectivity index (χ0n) is 8.71. The first-order chi connectivity index (χ1) is 7.95. The Kier molecular flexibility index (Phi) is 4.17. The Morgan fingerprint density at radius 3 is 2.82 bits per heavy atom. The summed E-state index contributed by atoms with van der Waals surface area (Å²) >= 11 is 3.00. The number of hydrogen-bond acceptors (Lipinski definition) is 5. The molecular weight excluding hydrogens is 292 g/mol. The van der Waals surface area contributed by atoms with E-state index in [1.165, 1.54) is 19.1 Å². The van der Waals surface area contributed by atoms with Crippen molar-refractivity contribution in [3.63, 3.8) is 0 Å². The summed E-state index contributed by atoms with van der Waals surface area (Å²) in [5.74, 6) is -0.769. The largest absolute Gasteiger partial charge is 0.444 e. The Morgan fingerprint density at radius 1 is 1.65 bits per heavy atom. The van der Waals surface area contributed by atoms with Gasteiger partial charge in [0.2, 0.25) is 0 Å². The fraction of sp³-hybridized carbons (Fsp3) is 0.200. The van der Waals surface area contributed by atoms with E-state index in [4.69, 9.17) is 10.00 Å². The fourth-order valence-electron chi connectivity index (χ4n) is 1.03. The first kappa shape index (κ1) is 13.1. The number of nitro benzene ring substituents is 1. The number of benzene rings is 1. The van der Waals surface area contributed by atoms with Crippen molar-refractivity contribution in [1.82, 2.24) is 0 Å². The lowest BCUT2D eigenvalue weighted by Crippen LogP contribution is -2.13. The highest BCUT2D eigenvalue weighted by atomic mass is 79.9. The Bertz CT molecular complexity index is 510. The lowest BCUT2D eigenvalue weighted by atomic mass is 10.2. The molecule has 0 radical (unpaired) electrons. The van der Waals surface area contributed by atoms with E-state index in [2.05, 4.69) is 15.9 Å². The predicted octanol–water partition coefficient (Wildman–Crippen LogP) is 2.43. The minimum Gasteiger partial charge on any atom is -0.444 e. The van der Waals surface area contributed by atoms with Crippen LogP contribution in [0.2, 0.25) is 0 Å². The Hall–Kier alpha value is -1.94. The van der Waals surface area contributed by atoms with E-state index in [9.17, 15) is 14.9 Å². The Morgan fingerprint density at radius 2 is 2.29 bits per heavy atom. The molecule has 1 aromatic rings. The molecule has 0 aliphatic carbocycles. The van der Waals surface area contributed by atoms with Crippen LogP contribution in [-0.4, -0.2) is 17.0 Å². The summed E-state index contributed by atoms with van der Waals surface area (Å²) in [5.41, 5.74) is -0.203. The SMILES string of the molecule is C[C@H](C#N)OC(=O)c1ccc(Br)c([N+](=O)[O-])c1. The van der Waals surface area contributed by atoms with Crippen LogP contribution in [0, 0.1) is 21.4 Å². The summed E-state index contributed by atoms with van der Waals surface area (Å²) in [6, 6.07) is 5.58. The number of halogens is 1. The highest BCUT2D eigenvalue weighted by Gasteiger charge is 2.18. The van der Waals surface area contributed by atoms with Crippen LogP contribution >= 0.6 is 15.9 Å². The molecule has 1 aromatic carbocycles. The van der Waals surface area contributed by atoms with Gasteiger partial charge in [-0.1, -0.05) is 0 Å². The van der Waals surface area contributed by atoms with Gasteiger partial charge in [0.1, 0.15) is 6.07 Å². The first-order valence-electron chi connectivity index (χ1n) is 4.50. The molecule has 88 valence electrons. The smallest absolute Gasteiger partial charge is 0.339 e. The van der Waals surface area contributed by atoms with Crippen LogP contribution in [0.15, 0.2) is 22.7 Å². The Labute approximate surface area is 105 Å². The zero-order chi connectivity index (χ0) is 13.0. The third-order valence-electron chi connectivity index (χ3n) is 1.84. The summed E-state index contributed by atoms with van der Waals surface area (Å²) in [7, 11) is 0. The molecule has 0 saturated heterocycles. The van der Waals surface area contributed by atoms with Crippen molar-refractivity contribution >= 4 is 27.6 Å². The van der Waals surface area contributed by atoms with Crippen molar-refractivity contribution in [2.24, 2.45) is 0 Å². The number of carbonyl (C=O) groups is 1. The summed E-state index contributed by atoms with van der Waals surface area (Å²) in [6.45, 7) is 1.41. The van der Waals surface area contributed by atoms with Crippen LogP contribution in [0.25, 0.3) is 0 Å². The molecular formula is C10H7BrN2O4. The van der Waals surface area contributed by atoms with Crippen LogP contribution in [-0.2, 0) is 4.74 Å². The fourth-order valence-corrected chi connectivity index (χ4v) is 1.43. The van der Waals surface area contributed by atoms with Gasteiger partial charge in [-0.2, -0.15) is 5.26 Å². The van der Waals surface area contributed by atoms with Crippen molar-refractivity contribution in [2.45, 2.75) is 13.0 Å². The lowest BCUT2D eigenvalue weighted by Gasteiger charge is -2.05. The number of ether oxygens (including phenoxy) is 1. The highest BCUT2D eigenvalue weighted by Crippen LogP contribution is 2.25. The Balaban J connectivity index is 3.01. The van der Waals surface area contributed by atoms with Gasteiger partial charge in [0.05, 0.1) is 15.0 Å². The van der Waals surface area contributed by atoms with Gasteiger partial charge < -0.3 is 4.74 Å². The molecule has 0 saturated carbocycles. The summed E-state index contributed by atoms with van der Waals surface area (Å²) < 4.78 is 4.99. The number of nitro groups is 1. The van der Waals surface area contributed by atoms with Gasteiger partial charge >= 0.3 is 5.97 Å². The quantitative estimate of drug-likeness (QED) is 0.485.